The third kappa shape index (κ3) is 13.4. The molecule has 11 nitrogen and oxygen atoms in total. The molecule has 3 N–H and O–H groups in total. The van der Waals surface area contributed by atoms with E-state index < -0.39 is 17.0 Å². The van der Waals surface area contributed by atoms with E-state index in [2.05, 4.69) is 15.1 Å². The number of nitrogens with one attached hydrogen (secondary N) is 1. The molecule has 25 heavy (non-hydrogen) atoms. The van der Waals surface area contributed by atoms with Crippen LogP contribution in [0.5, 0.6) is 0 Å². The molecule has 0 unspecified atom stereocenters. The lowest BCUT2D eigenvalue weighted by Crippen LogP contribution is -2.39. The SMILES string of the molecule is CN1CCC(C(=O)NCCCO[N+](=O)[O-])CC1.O=C(O)/C=C/C(=O)O. The number of rotatable bonds is 8. The number of hydrogen-bond donors (Lipinski definition) is 3. The third-order valence-corrected chi connectivity index (χ3v) is 3.27. The first-order chi connectivity index (χ1) is 11.7. The molecule has 0 aromatic carbocycles. The smallest absolute Gasteiger partial charge is 0.328 e. The molecular weight excluding hydrogens is 338 g/mol. The minimum atomic E-state index is -1.26. The molecule has 0 bridgehead atoms. The summed E-state index contributed by atoms with van der Waals surface area (Å²) in [5.41, 5.74) is 0. The summed E-state index contributed by atoms with van der Waals surface area (Å²) >= 11 is 0. The molecule has 0 saturated carbocycles. The van der Waals surface area contributed by atoms with E-state index in [4.69, 9.17) is 10.2 Å². The Kier molecular flexibility index (Phi) is 11.3. The molecule has 0 atom stereocenters. The summed E-state index contributed by atoms with van der Waals surface area (Å²) in [5.74, 6) is -2.37. The van der Waals surface area contributed by atoms with Crippen LogP contribution in [0, 0.1) is 16.0 Å². The maximum Gasteiger partial charge on any atom is 0.328 e. The van der Waals surface area contributed by atoms with Gasteiger partial charge in [-0.05, 0) is 39.4 Å². The molecule has 11 heteroatoms. The quantitative estimate of drug-likeness (QED) is 0.229. The Morgan fingerprint density at radius 1 is 1.24 bits per heavy atom. The van der Waals surface area contributed by atoms with Gasteiger partial charge in [0.25, 0.3) is 5.09 Å². The van der Waals surface area contributed by atoms with Crippen molar-refractivity contribution in [3.05, 3.63) is 22.3 Å². The van der Waals surface area contributed by atoms with Crippen molar-refractivity contribution in [2.45, 2.75) is 19.3 Å². The standard InChI is InChI=1S/C10H19N3O4.C4H4O4/c1-12-6-3-9(4-7-12)10(14)11-5-2-8-17-13(15)16;5-3(6)1-2-4(7)8/h9H,2-8H2,1H3,(H,11,14);1-2H,(H,5,6)(H,7,8)/b;2-1+. The van der Waals surface area contributed by atoms with Crippen molar-refractivity contribution < 1.29 is 34.5 Å². The van der Waals surface area contributed by atoms with E-state index in [9.17, 15) is 24.5 Å². The van der Waals surface area contributed by atoms with Crippen LogP contribution in [0.3, 0.4) is 0 Å². The van der Waals surface area contributed by atoms with E-state index in [0.29, 0.717) is 25.1 Å². The summed E-state index contributed by atoms with van der Waals surface area (Å²) < 4.78 is 0. The number of carboxylic acid groups (broad SMARTS) is 2. The van der Waals surface area contributed by atoms with Gasteiger partial charge in [0.2, 0.25) is 5.91 Å². The Balaban J connectivity index is 0.000000609. The Bertz CT molecular complexity index is 470. The van der Waals surface area contributed by atoms with Gasteiger partial charge in [0.1, 0.15) is 0 Å². The maximum absolute atomic E-state index is 11.7. The largest absolute Gasteiger partial charge is 0.478 e. The number of piperidine rings is 1. The van der Waals surface area contributed by atoms with Gasteiger partial charge in [-0.25, -0.2) is 9.59 Å². The molecular formula is C14H23N3O8. The fourth-order valence-electron chi connectivity index (χ4n) is 1.98. The molecule has 0 aromatic heterocycles. The number of hydrogen-bond acceptors (Lipinski definition) is 7. The van der Waals surface area contributed by atoms with Crippen LogP contribution in [0.2, 0.25) is 0 Å². The van der Waals surface area contributed by atoms with Crippen LogP contribution in [0.4, 0.5) is 0 Å². The van der Waals surface area contributed by atoms with Crippen LogP contribution in [-0.4, -0.2) is 71.3 Å². The van der Waals surface area contributed by atoms with Crippen molar-refractivity contribution in [3.8, 4) is 0 Å². The molecule has 1 amide bonds. The second-order valence-electron chi connectivity index (χ2n) is 5.29. The normalized spacial score (nSPS) is 15.1. The van der Waals surface area contributed by atoms with E-state index in [1.165, 1.54) is 0 Å². The Morgan fingerprint density at radius 2 is 1.76 bits per heavy atom. The van der Waals surface area contributed by atoms with Crippen molar-refractivity contribution in [1.82, 2.24) is 10.2 Å². The molecule has 142 valence electrons. The van der Waals surface area contributed by atoms with Gasteiger partial charge < -0.3 is 25.3 Å². The Morgan fingerprint density at radius 3 is 2.20 bits per heavy atom. The van der Waals surface area contributed by atoms with Crippen LogP contribution in [0.1, 0.15) is 19.3 Å². The van der Waals surface area contributed by atoms with Crippen LogP contribution >= 0.6 is 0 Å². The van der Waals surface area contributed by atoms with Crippen molar-refractivity contribution in [2.24, 2.45) is 5.92 Å². The number of carbonyl (C=O) groups excluding carboxylic acids is 1. The first kappa shape index (κ1) is 22.3. The second-order valence-corrected chi connectivity index (χ2v) is 5.29. The van der Waals surface area contributed by atoms with Gasteiger partial charge in [-0.2, -0.15) is 0 Å². The zero-order valence-electron chi connectivity index (χ0n) is 13.9. The zero-order valence-corrected chi connectivity index (χ0v) is 13.9. The summed E-state index contributed by atoms with van der Waals surface area (Å²) in [4.78, 5) is 47.0. The topological polar surface area (TPSA) is 159 Å². The summed E-state index contributed by atoms with van der Waals surface area (Å²) in [6.07, 6.45) is 3.34. The average Bonchev–Trinajstić information content (AvgIpc) is 2.53. The van der Waals surface area contributed by atoms with E-state index >= 15 is 0 Å². The lowest BCUT2D eigenvalue weighted by Gasteiger charge is -2.28. The van der Waals surface area contributed by atoms with Crippen molar-refractivity contribution >= 4 is 17.8 Å². The first-order valence-corrected chi connectivity index (χ1v) is 7.60. The summed E-state index contributed by atoms with van der Waals surface area (Å²) in [7, 11) is 2.04. The van der Waals surface area contributed by atoms with Gasteiger partial charge in [-0.1, -0.05) is 0 Å². The van der Waals surface area contributed by atoms with Crippen LogP contribution < -0.4 is 5.32 Å². The maximum atomic E-state index is 11.7. The summed E-state index contributed by atoms with van der Waals surface area (Å²) in [5, 5.41) is 27.5. The predicted molar refractivity (Wildman–Crippen MR) is 85.2 cm³/mol. The van der Waals surface area contributed by atoms with Gasteiger partial charge in [-0.3, -0.25) is 4.79 Å². The molecule has 0 aromatic rings. The average molecular weight is 361 g/mol. The number of nitrogens with zero attached hydrogens (tertiary/aromatic N) is 2. The van der Waals surface area contributed by atoms with E-state index in [-0.39, 0.29) is 18.4 Å². The highest BCUT2D eigenvalue weighted by molar-refractivity contribution is 5.89. The predicted octanol–water partition coefficient (Wildman–Crippen LogP) is -0.245. The van der Waals surface area contributed by atoms with Gasteiger partial charge in [0.05, 0.1) is 6.61 Å². The van der Waals surface area contributed by atoms with Crippen LogP contribution in [-0.2, 0) is 19.2 Å². The minimum Gasteiger partial charge on any atom is -0.478 e. The summed E-state index contributed by atoms with van der Waals surface area (Å²) in [6, 6.07) is 0. The Hall–Kier alpha value is -2.69. The molecule has 0 radical (unpaired) electrons. The monoisotopic (exact) mass is 361 g/mol. The van der Waals surface area contributed by atoms with Gasteiger partial charge >= 0.3 is 11.9 Å². The van der Waals surface area contributed by atoms with Crippen LogP contribution in [0.15, 0.2) is 12.2 Å². The van der Waals surface area contributed by atoms with Gasteiger partial charge in [0, 0.05) is 24.6 Å². The van der Waals surface area contributed by atoms with E-state index in [0.717, 1.165) is 25.9 Å². The number of carbonyl (C=O) groups is 3. The number of likely N-dealkylation sites (tertiary alicyclic amines) is 1. The lowest BCUT2D eigenvalue weighted by molar-refractivity contribution is -0.757. The van der Waals surface area contributed by atoms with Gasteiger partial charge in [0.15, 0.2) is 0 Å². The third-order valence-electron chi connectivity index (χ3n) is 3.27. The number of aliphatic carboxylic acids is 2. The minimum absolute atomic E-state index is 0.0285. The van der Waals surface area contributed by atoms with E-state index in [1.54, 1.807) is 0 Å². The number of carboxylic acids is 2. The summed E-state index contributed by atoms with van der Waals surface area (Å²) in [6.45, 7) is 2.35. The highest BCUT2D eigenvalue weighted by Crippen LogP contribution is 2.15. The molecule has 0 spiro atoms. The van der Waals surface area contributed by atoms with Crippen molar-refractivity contribution in [2.75, 3.05) is 33.3 Å². The molecule has 1 fully saturated rings. The lowest BCUT2D eigenvalue weighted by atomic mass is 9.96. The molecule has 1 rings (SSSR count). The van der Waals surface area contributed by atoms with Crippen molar-refractivity contribution in [3.63, 3.8) is 0 Å². The zero-order chi connectivity index (χ0) is 19.2. The second kappa shape index (κ2) is 12.7. The molecule has 1 saturated heterocycles. The fraction of sp³-hybridized carbons (Fsp3) is 0.643. The molecule has 1 aliphatic heterocycles. The Labute approximate surface area is 144 Å². The highest BCUT2D eigenvalue weighted by atomic mass is 16.9. The van der Waals surface area contributed by atoms with Gasteiger partial charge in [-0.15, -0.1) is 10.1 Å². The first-order valence-electron chi connectivity index (χ1n) is 7.60. The van der Waals surface area contributed by atoms with Crippen molar-refractivity contribution in [1.29, 1.82) is 0 Å². The molecule has 0 aliphatic carbocycles. The number of amides is 1. The van der Waals surface area contributed by atoms with E-state index in [1.807, 2.05) is 7.05 Å². The van der Waals surface area contributed by atoms with Crippen LogP contribution in [0.25, 0.3) is 0 Å². The molecule has 1 heterocycles. The molecule has 1 aliphatic rings. The fourth-order valence-corrected chi connectivity index (χ4v) is 1.98. The highest BCUT2D eigenvalue weighted by Gasteiger charge is 2.22.